The van der Waals surface area contributed by atoms with Crippen LogP contribution in [0.1, 0.15) is 17.7 Å². The zero-order chi connectivity index (χ0) is 16.2. The summed E-state index contributed by atoms with van der Waals surface area (Å²) < 4.78 is 6.00. The van der Waals surface area contributed by atoms with Crippen LogP contribution in [0.4, 0.5) is 0 Å². The van der Waals surface area contributed by atoms with E-state index in [1.165, 1.54) is 0 Å². The van der Waals surface area contributed by atoms with Crippen LogP contribution in [-0.4, -0.2) is 22.7 Å². The Bertz CT molecular complexity index is 897. The van der Waals surface area contributed by atoms with Crippen LogP contribution in [0, 0.1) is 0 Å². The number of fused-ring (bicyclic) bond motifs is 3. The second kappa shape index (κ2) is 5.13. The molecule has 2 aromatic rings. The van der Waals surface area contributed by atoms with Crippen LogP contribution in [-0.2, 0) is 21.6 Å². The number of hydrogen-bond acceptors (Lipinski definition) is 2. The molecule has 2 N–H and O–H groups in total. The van der Waals surface area contributed by atoms with Crippen molar-refractivity contribution >= 4 is 40.1 Å². The number of aromatic nitrogens is 1. The lowest BCUT2D eigenvalue weighted by Gasteiger charge is -2.39. The van der Waals surface area contributed by atoms with Gasteiger partial charge in [-0.05, 0) is 29.7 Å². The Hall–Kier alpha value is -1.75. The number of H-pyrrole nitrogens is 1. The van der Waals surface area contributed by atoms with Gasteiger partial charge in [0.15, 0.2) is 0 Å². The molecule has 0 saturated carbocycles. The summed E-state index contributed by atoms with van der Waals surface area (Å²) in [6.45, 7) is 0.432. The molecule has 1 unspecified atom stereocenters. The van der Waals surface area contributed by atoms with E-state index in [1.807, 2.05) is 18.2 Å². The van der Waals surface area contributed by atoms with E-state index in [0.29, 0.717) is 23.1 Å². The van der Waals surface area contributed by atoms with Crippen molar-refractivity contribution in [2.75, 3.05) is 6.61 Å². The standard InChI is InChI=1S/C17H13Cl2NO3/c18-11-4-5-12(19)15-14(11)10-6-7-23-17(8-13(21)22,16(10)20-15)9-2-1-3-9/h1-5,20H,6-8H2,(H,21,22). The third kappa shape index (κ3) is 2.06. The van der Waals surface area contributed by atoms with E-state index in [4.69, 9.17) is 27.9 Å². The SMILES string of the molecule is O=C(O)CC1(C2=CC=C2)OCCc2c1[nH]c1c(Cl)ccc(Cl)c21. The third-order valence-corrected chi connectivity index (χ3v) is 5.11. The Balaban J connectivity index is 2.02. The fraction of sp³-hybridized carbons (Fsp3) is 0.235. The predicted molar refractivity (Wildman–Crippen MR) is 89.1 cm³/mol. The topological polar surface area (TPSA) is 62.3 Å². The number of allylic oxidation sites excluding steroid dienone is 2. The van der Waals surface area contributed by atoms with Crippen LogP contribution in [0.2, 0.25) is 10.0 Å². The van der Waals surface area contributed by atoms with Gasteiger partial charge in [0.1, 0.15) is 5.60 Å². The third-order valence-electron chi connectivity index (χ3n) is 4.48. The Morgan fingerprint density at radius 3 is 2.74 bits per heavy atom. The number of aliphatic carboxylic acids is 1. The van der Waals surface area contributed by atoms with Gasteiger partial charge in [-0.3, -0.25) is 4.79 Å². The first-order valence-corrected chi connectivity index (χ1v) is 8.02. The molecule has 0 radical (unpaired) electrons. The number of halogens is 2. The molecule has 2 aliphatic rings. The number of carbonyl (C=O) groups is 1. The average Bonchev–Trinajstić information content (AvgIpc) is 2.83. The molecule has 0 fully saturated rings. The summed E-state index contributed by atoms with van der Waals surface area (Å²) in [7, 11) is 0. The molecule has 118 valence electrons. The summed E-state index contributed by atoms with van der Waals surface area (Å²) in [5, 5.41) is 11.4. The maximum Gasteiger partial charge on any atom is 0.307 e. The van der Waals surface area contributed by atoms with Gasteiger partial charge in [-0.1, -0.05) is 41.4 Å². The van der Waals surface area contributed by atoms with Gasteiger partial charge >= 0.3 is 5.97 Å². The number of ether oxygens (including phenoxy) is 1. The van der Waals surface area contributed by atoms with Crippen molar-refractivity contribution in [1.29, 1.82) is 0 Å². The minimum Gasteiger partial charge on any atom is -0.481 e. The van der Waals surface area contributed by atoms with E-state index in [1.54, 1.807) is 12.1 Å². The Labute approximate surface area is 142 Å². The summed E-state index contributed by atoms with van der Waals surface area (Å²) in [6.07, 6.45) is 6.14. The van der Waals surface area contributed by atoms with Crippen molar-refractivity contribution in [1.82, 2.24) is 4.98 Å². The molecule has 0 bridgehead atoms. The van der Waals surface area contributed by atoms with Gasteiger partial charge in [0.2, 0.25) is 0 Å². The van der Waals surface area contributed by atoms with Crippen LogP contribution in [0.5, 0.6) is 0 Å². The predicted octanol–water partition coefficient (Wildman–Crippen LogP) is 4.21. The summed E-state index contributed by atoms with van der Waals surface area (Å²) in [5.74, 6) is -0.921. The minimum absolute atomic E-state index is 0.155. The maximum atomic E-state index is 11.5. The molecule has 0 saturated heterocycles. The van der Waals surface area contributed by atoms with Crippen LogP contribution < -0.4 is 0 Å². The van der Waals surface area contributed by atoms with Crippen molar-refractivity contribution in [3.05, 3.63) is 57.2 Å². The molecular formula is C17H13Cl2NO3. The normalized spacial score (nSPS) is 22.6. The molecule has 4 nitrogen and oxygen atoms in total. The van der Waals surface area contributed by atoms with Gasteiger partial charge in [-0.25, -0.2) is 0 Å². The van der Waals surface area contributed by atoms with E-state index in [-0.39, 0.29) is 6.42 Å². The highest BCUT2D eigenvalue weighted by atomic mass is 35.5. The van der Waals surface area contributed by atoms with Crippen molar-refractivity contribution in [2.24, 2.45) is 0 Å². The molecule has 2 heterocycles. The first-order valence-electron chi connectivity index (χ1n) is 7.26. The monoisotopic (exact) mass is 349 g/mol. The minimum atomic E-state index is -1.01. The first kappa shape index (κ1) is 14.8. The number of aromatic amines is 1. The van der Waals surface area contributed by atoms with Crippen molar-refractivity contribution in [3.63, 3.8) is 0 Å². The maximum absolute atomic E-state index is 11.5. The lowest BCUT2D eigenvalue weighted by atomic mass is 9.79. The number of rotatable bonds is 3. The van der Waals surface area contributed by atoms with E-state index in [9.17, 15) is 9.90 Å². The van der Waals surface area contributed by atoms with E-state index in [2.05, 4.69) is 4.98 Å². The summed E-state index contributed by atoms with van der Waals surface area (Å²) in [4.78, 5) is 14.8. The Morgan fingerprint density at radius 1 is 1.35 bits per heavy atom. The Morgan fingerprint density at radius 2 is 2.09 bits per heavy atom. The average molecular weight is 350 g/mol. The second-order valence-electron chi connectivity index (χ2n) is 5.73. The molecule has 0 amide bonds. The fourth-order valence-electron chi connectivity index (χ4n) is 3.43. The van der Waals surface area contributed by atoms with Gasteiger partial charge in [-0.2, -0.15) is 0 Å². The molecule has 1 aromatic carbocycles. The summed E-state index contributed by atoms with van der Waals surface area (Å²) in [6, 6.07) is 3.49. The fourth-order valence-corrected chi connectivity index (χ4v) is 3.91. The van der Waals surface area contributed by atoms with E-state index >= 15 is 0 Å². The summed E-state index contributed by atoms with van der Waals surface area (Å²) >= 11 is 12.7. The van der Waals surface area contributed by atoms with E-state index < -0.39 is 11.6 Å². The number of hydrogen-bond donors (Lipinski definition) is 2. The number of carboxylic acids is 1. The molecule has 1 atom stereocenters. The number of carboxylic acid groups (broad SMARTS) is 1. The molecule has 1 aromatic heterocycles. The molecular weight excluding hydrogens is 337 g/mol. The largest absolute Gasteiger partial charge is 0.481 e. The number of nitrogens with one attached hydrogen (secondary N) is 1. The number of benzene rings is 1. The molecule has 1 aliphatic heterocycles. The van der Waals surface area contributed by atoms with Crippen molar-refractivity contribution in [2.45, 2.75) is 18.4 Å². The molecule has 1 aliphatic carbocycles. The molecule has 6 heteroatoms. The lowest BCUT2D eigenvalue weighted by molar-refractivity contribution is -0.145. The highest BCUT2D eigenvalue weighted by Crippen LogP contribution is 2.48. The van der Waals surface area contributed by atoms with Gasteiger partial charge in [0, 0.05) is 5.39 Å². The smallest absolute Gasteiger partial charge is 0.307 e. The zero-order valence-electron chi connectivity index (χ0n) is 12.0. The Kier molecular flexibility index (Phi) is 3.30. The first-order chi connectivity index (χ1) is 11.0. The quantitative estimate of drug-likeness (QED) is 0.872. The highest BCUT2D eigenvalue weighted by molar-refractivity contribution is 6.40. The van der Waals surface area contributed by atoms with Gasteiger partial charge in [-0.15, -0.1) is 0 Å². The highest BCUT2D eigenvalue weighted by Gasteiger charge is 2.45. The van der Waals surface area contributed by atoms with Crippen LogP contribution >= 0.6 is 23.2 Å². The van der Waals surface area contributed by atoms with Crippen LogP contribution in [0.3, 0.4) is 0 Å². The molecule has 4 rings (SSSR count). The van der Waals surface area contributed by atoms with Crippen molar-refractivity contribution < 1.29 is 14.6 Å². The zero-order valence-corrected chi connectivity index (χ0v) is 13.5. The van der Waals surface area contributed by atoms with E-state index in [0.717, 1.165) is 27.7 Å². The summed E-state index contributed by atoms with van der Waals surface area (Å²) in [5.41, 5.74) is 2.29. The second-order valence-corrected chi connectivity index (χ2v) is 6.55. The van der Waals surface area contributed by atoms with Gasteiger partial charge < -0.3 is 14.8 Å². The molecule has 0 spiro atoms. The molecule has 23 heavy (non-hydrogen) atoms. The lowest BCUT2D eigenvalue weighted by Crippen LogP contribution is -2.40. The van der Waals surface area contributed by atoms with Crippen molar-refractivity contribution in [3.8, 4) is 0 Å². The van der Waals surface area contributed by atoms with Gasteiger partial charge in [0.25, 0.3) is 0 Å². The van der Waals surface area contributed by atoms with Gasteiger partial charge in [0.05, 0.1) is 34.3 Å². The van der Waals surface area contributed by atoms with Crippen LogP contribution in [0.25, 0.3) is 10.9 Å². The van der Waals surface area contributed by atoms with Crippen LogP contribution in [0.15, 0.2) is 35.9 Å².